The van der Waals surface area contributed by atoms with Crippen LogP contribution in [0.25, 0.3) is 11.3 Å². The summed E-state index contributed by atoms with van der Waals surface area (Å²) in [7, 11) is 2.04. The summed E-state index contributed by atoms with van der Waals surface area (Å²) in [5.74, 6) is -0.299. The summed E-state index contributed by atoms with van der Waals surface area (Å²) >= 11 is 0. The molecule has 2 aromatic rings. The Bertz CT molecular complexity index is 797. The lowest BCUT2D eigenvalue weighted by Crippen LogP contribution is -2.47. The van der Waals surface area contributed by atoms with Crippen LogP contribution in [0.15, 0.2) is 41.2 Å². The Morgan fingerprint density at radius 1 is 1.29 bits per heavy atom. The van der Waals surface area contributed by atoms with Gasteiger partial charge in [0.15, 0.2) is 0 Å². The van der Waals surface area contributed by atoms with Crippen LogP contribution < -0.4 is 10.9 Å². The van der Waals surface area contributed by atoms with Crippen LogP contribution in [-0.2, 0) is 0 Å². The van der Waals surface area contributed by atoms with Gasteiger partial charge in [0.25, 0.3) is 11.5 Å². The smallest absolute Gasteiger partial charge is 0.261 e. The summed E-state index contributed by atoms with van der Waals surface area (Å²) in [5, 5.41) is 2.97. The largest absolute Gasteiger partial charge is 0.348 e. The molecule has 1 aromatic carbocycles. The minimum Gasteiger partial charge on any atom is -0.348 e. The summed E-state index contributed by atoms with van der Waals surface area (Å²) in [6, 6.07) is 11.4. The Morgan fingerprint density at radius 2 is 2.12 bits per heavy atom. The van der Waals surface area contributed by atoms with Gasteiger partial charge in [-0.25, -0.2) is 0 Å². The minimum absolute atomic E-state index is 0.104. The lowest BCUT2D eigenvalue weighted by atomic mass is 10.1. The van der Waals surface area contributed by atoms with Crippen LogP contribution in [0.3, 0.4) is 0 Å². The maximum Gasteiger partial charge on any atom is 0.261 e. The normalized spacial score (nSPS) is 18.3. The summed E-state index contributed by atoms with van der Waals surface area (Å²) in [6.45, 7) is 3.88. The fourth-order valence-electron chi connectivity index (χ4n) is 3.18. The number of hydrogen-bond donors (Lipinski definition) is 2. The highest BCUT2D eigenvalue weighted by molar-refractivity contribution is 5.94. The number of nitrogens with one attached hydrogen (secondary N) is 2. The van der Waals surface area contributed by atoms with Crippen molar-refractivity contribution in [1.82, 2.24) is 15.2 Å². The van der Waals surface area contributed by atoms with E-state index in [0.717, 1.165) is 42.8 Å². The number of aromatic amines is 1. The lowest BCUT2D eigenvalue weighted by Gasteiger charge is -2.30. The van der Waals surface area contributed by atoms with E-state index in [1.165, 1.54) is 0 Å². The van der Waals surface area contributed by atoms with Crippen molar-refractivity contribution in [1.29, 1.82) is 0 Å². The number of hydrogen-bond acceptors (Lipinski definition) is 3. The molecular formula is C19H23N3O2. The van der Waals surface area contributed by atoms with Crippen LogP contribution in [-0.4, -0.2) is 42.0 Å². The number of aryl methyl sites for hydroxylation is 1. The molecule has 3 rings (SSSR count). The second kappa shape index (κ2) is 7.01. The third-order valence-electron chi connectivity index (χ3n) is 4.44. The molecule has 0 saturated carbocycles. The SMILES string of the molecule is Cc1cccc(-c2ccc(C(=O)N[C@H]3CCCN(C)C3)c(=O)[nH]2)c1. The molecule has 2 N–H and O–H groups in total. The van der Waals surface area contributed by atoms with E-state index in [2.05, 4.69) is 15.2 Å². The monoisotopic (exact) mass is 325 g/mol. The first-order valence-electron chi connectivity index (χ1n) is 8.33. The van der Waals surface area contributed by atoms with Gasteiger partial charge in [0, 0.05) is 18.3 Å². The molecule has 1 aliphatic heterocycles. The van der Waals surface area contributed by atoms with Crippen molar-refractivity contribution in [2.75, 3.05) is 20.1 Å². The van der Waals surface area contributed by atoms with Gasteiger partial charge >= 0.3 is 0 Å². The number of nitrogens with zero attached hydrogens (tertiary/aromatic N) is 1. The van der Waals surface area contributed by atoms with Crippen molar-refractivity contribution in [2.45, 2.75) is 25.8 Å². The number of aromatic nitrogens is 1. The maximum absolute atomic E-state index is 12.4. The fraction of sp³-hybridized carbons (Fsp3) is 0.368. The molecule has 126 valence electrons. The average Bonchev–Trinajstić information content (AvgIpc) is 2.54. The van der Waals surface area contributed by atoms with Gasteiger partial charge in [-0.15, -0.1) is 0 Å². The molecule has 1 amide bonds. The number of piperidine rings is 1. The van der Waals surface area contributed by atoms with Crippen molar-refractivity contribution in [3.63, 3.8) is 0 Å². The first kappa shape index (κ1) is 16.5. The van der Waals surface area contributed by atoms with Crippen molar-refractivity contribution in [2.24, 2.45) is 0 Å². The van der Waals surface area contributed by atoms with Crippen LogP contribution in [0.5, 0.6) is 0 Å². The minimum atomic E-state index is -0.351. The van der Waals surface area contributed by atoms with Crippen LogP contribution in [0.1, 0.15) is 28.8 Å². The molecule has 24 heavy (non-hydrogen) atoms. The van der Waals surface area contributed by atoms with Crippen LogP contribution in [0.2, 0.25) is 0 Å². The van der Waals surface area contributed by atoms with E-state index in [1.54, 1.807) is 12.1 Å². The Hall–Kier alpha value is -2.40. The first-order chi connectivity index (χ1) is 11.5. The molecule has 0 bridgehead atoms. The predicted molar refractivity (Wildman–Crippen MR) is 95.2 cm³/mol. The highest BCUT2D eigenvalue weighted by Gasteiger charge is 2.21. The number of pyridine rings is 1. The molecule has 0 unspecified atom stereocenters. The van der Waals surface area contributed by atoms with E-state index in [-0.39, 0.29) is 23.1 Å². The zero-order chi connectivity index (χ0) is 17.1. The van der Waals surface area contributed by atoms with E-state index < -0.39 is 0 Å². The molecule has 0 radical (unpaired) electrons. The van der Waals surface area contributed by atoms with Crippen LogP contribution in [0.4, 0.5) is 0 Å². The number of likely N-dealkylation sites (tertiary alicyclic amines) is 1. The quantitative estimate of drug-likeness (QED) is 0.909. The van der Waals surface area contributed by atoms with E-state index >= 15 is 0 Å². The van der Waals surface area contributed by atoms with Crippen molar-refractivity contribution in [3.05, 3.63) is 57.9 Å². The zero-order valence-electron chi connectivity index (χ0n) is 14.1. The molecular weight excluding hydrogens is 302 g/mol. The predicted octanol–water partition coefficient (Wildman–Crippen LogP) is 2.17. The second-order valence-electron chi connectivity index (χ2n) is 6.56. The average molecular weight is 325 g/mol. The van der Waals surface area contributed by atoms with E-state index in [4.69, 9.17) is 0 Å². The van der Waals surface area contributed by atoms with Gasteiger partial charge in [-0.3, -0.25) is 9.59 Å². The summed E-state index contributed by atoms with van der Waals surface area (Å²) in [5.41, 5.74) is 2.59. The first-order valence-corrected chi connectivity index (χ1v) is 8.33. The number of rotatable bonds is 3. The van der Waals surface area contributed by atoms with Gasteiger partial charge < -0.3 is 15.2 Å². The summed E-state index contributed by atoms with van der Waals surface area (Å²) < 4.78 is 0. The van der Waals surface area contributed by atoms with Gasteiger partial charge in [-0.2, -0.15) is 0 Å². The third-order valence-corrected chi connectivity index (χ3v) is 4.44. The molecule has 5 heteroatoms. The highest BCUT2D eigenvalue weighted by Crippen LogP contribution is 2.17. The summed E-state index contributed by atoms with van der Waals surface area (Å²) in [4.78, 5) is 29.7. The lowest BCUT2D eigenvalue weighted by molar-refractivity contribution is 0.0911. The molecule has 1 aromatic heterocycles. The number of benzene rings is 1. The van der Waals surface area contributed by atoms with E-state index in [9.17, 15) is 9.59 Å². The molecule has 0 spiro atoms. The third kappa shape index (κ3) is 3.74. The fourth-order valence-corrected chi connectivity index (χ4v) is 3.18. The van der Waals surface area contributed by atoms with Gasteiger partial charge in [-0.05, 0) is 57.1 Å². The number of H-pyrrole nitrogens is 1. The Morgan fingerprint density at radius 3 is 2.83 bits per heavy atom. The van der Waals surface area contributed by atoms with Crippen molar-refractivity contribution < 1.29 is 4.79 Å². The number of carbonyl (C=O) groups excluding carboxylic acids is 1. The van der Waals surface area contributed by atoms with Crippen molar-refractivity contribution >= 4 is 5.91 Å². The highest BCUT2D eigenvalue weighted by atomic mass is 16.2. The van der Waals surface area contributed by atoms with Crippen LogP contribution in [0, 0.1) is 6.92 Å². The number of amides is 1. The van der Waals surface area contributed by atoms with E-state index in [0.29, 0.717) is 0 Å². The van der Waals surface area contributed by atoms with Gasteiger partial charge in [0.1, 0.15) is 5.56 Å². The number of likely N-dealkylation sites (N-methyl/N-ethyl adjacent to an activating group) is 1. The second-order valence-corrected chi connectivity index (χ2v) is 6.56. The molecule has 1 fully saturated rings. The molecule has 2 heterocycles. The standard InChI is InChI=1S/C19H23N3O2/c1-13-5-3-6-14(11-13)17-9-8-16(19(24)21-17)18(23)20-15-7-4-10-22(2)12-15/h3,5-6,8-9,11,15H,4,7,10,12H2,1-2H3,(H,20,23)(H,21,24)/t15-/m0/s1. The van der Waals surface area contributed by atoms with Gasteiger partial charge in [-0.1, -0.05) is 23.8 Å². The van der Waals surface area contributed by atoms with Gasteiger partial charge in [0.2, 0.25) is 0 Å². The topological polar surface area (TPSA) is 65.2 Å². The maximum atomic E-state index is 12.4. The van der Waals surface area contributed by atoms with E-state index in [1.807, 2.05) is 38.2 Å². The molecule has 1 saturated heterocycles. The zero-order valence-corrected chi connectivity index (χ0v) is 14.1. The number of carbonyl (C=O) groups is 1. The Labute approximate surface area is 141 Å². The Balaban J connectivity index is 1.77. The molecule has 1 atom stereocenters. The summed E-state index contributed by atoms with van der Waals surface area (Å²) in [6.07, 6.45) is 2.01. The van der Waals surface area contributed by atoms with Crippen LogP contribution >= 0.6 is 0 Å². The molecule has 5 nitrogen and oxygen atoms in total. The Kier molecular flexibility index (Phi) is 4.81. The molecule has 0 aliphatic carbocycles. The van der Waals surface area contributed by atoms with Crippen molar-refractivity contribution in [3.8, 4) is 11.3 Å². The van der Waals surface area contributed by atoms with Gasteiger partial charge in [0.05, 0.1) is 0 Å². The molecule has 1 aliphatic rings.